The molecule has 1 fully saturated rings. The molecule has 1 aliphatic rings. The maximum atomic E-state index is 11.7. The van der Waals surface area contributed by atoms with Crippen LogP contribution in [0.1, 0.15) is 90.9 Å². The van der Waals surface area contributed by atoms with Crippen molar-refractivity contribution < 1.29 is 78.1 Å². The smallest absolute Gasteiger partial charge is 0.347 e. The first-order valence-corrected chi connectivity index (χ1v) is 19.1. The van der Waals surface area contributed by atoms with Gasteiger partial charge in [0, 0.05) is 0 Å². The molecule has 1 rings (SSSR count). The monoisotopic (exact) mass is 710 g/mol. The molecule has 0 aliphatic carbocycles. The van der Waals surface area contributed by atoms with E-state index >= 15 is 0 Å². The minimum atomic E-state index is -5.60. The van der Waals surface area contributed by atoms with E-state index in [1.54, 1.807) is 0 Å². The summed E-state index contributed by atoms with van der Waals surface area (Å²) in [5, 5.41) is 0. The van der Waals surface area contributed by atoms with Gasteiger partial charge in [-0.1, -0.05) is 78.1 Å². The minimum absolute atomic E-state index is 0.386. The van der Waals surface area contributed by atoms with E-state index in [-0.39, 0.29) is 0 Å². The second-order valence-corrected chi connectivity index (χ2v) is 14.1. The Balaban J connectivity index is 3.51. The van der Waals surface area contributed by atoms with Crippen molar-refractivity contribution in [3.05, 3.63) is 0 Å². The fourth-order valence-electron chi connectivity index (χ4n) is 4.45. The highest BCUT2D eigenvalue weighted by atomic mass is 32.3. The third kappa shape index (κ3) is 18.8. The molecule has 0 aromatic rings. The lowest BCUT2D eigenvalue weighted by atomic mass is 9.98. The predicted octanol–water partition coefficient (Wildman–Crippen LogP) is 2.20. The lowest BCUT2D eigenvalue weighted by Crippen LogP contribution is -2.63. The standard InChI is InChI=1S/C21H42O18S4/c1-3-5-7-9-11-13-16(14-12-10-8-6-4-2)35-21-20(39-43(31,32)33)19(38-42(28,29)30)18(37-41(25,26)27)17(36-21)15-34-40(22,23)24/h16-21H,3-15H2,1-2H3,(H,22,23,24)(H,25,26,27)(H,28,29,30)(H,31,32,33)/t17-,18-,19+,20-,21?/m1/s1. The number of ether oxygens (including phenoxy) is 2. The Hall–Kier alpha value is -0.600. The van der Waals surface area contributed by atoms with E-state index in [2.05, 4.69) is 16.7 Å². The summed E-state index contributed by atoms with van der Waals surface area (Å²) in [5.74, 6) is 0. The zero-order valence-electron chi connectivity index (χ0n) is 23.8. The molecule has 4 N–H and O–H groups in total. The summed E-state index contributed by atoms with van der Waals surface area (Å²) in [6.45, 7) is 2.75. The van der Waals surface area contributed by atoms with Crippen LogP contribution in [0.5, 0.6) is 0 Å². The fourth-order valence-corrected chi connectivity index (χ4v) is 6.25. The van der Waals surface area contributed by atoms with Crippen molar-refractivity contribution in [1.82, 2.24) is 0 Å². The molecule has 1 saturated heterocycles. The molecule has 0 saturated carbocycles. The average molecular weight is 711 g/mol. The van der Waals surface area contributed by atoms with E-state index in [0.717, 1.165) is 51.4 Å². The van der Waals surface area contributed by atoms with E-state index in [1.807, 2.05) is 13.8 Å². The van der Waals surface area contributed by atoms with Crippen LogP contribution in [0, 0.1) is 0 Å². The van der Waals surface area contributed by atoms with Crippen LogP contribution in [0.4, 0.5) is 0 Å². The Morgan fingerprint density at radius 3 is 1.42 bits per heavy atom. The van der Waals surface area contributed by atoms with Gasteiger partial charge in [-0.15, -0.1) is 0 Å². The normalized spacial score (nSPS) is 24.0. The summed E-state index contributed by atoms with van der Waals surface area (Å²) >= 11 is 0. The van der Waals surface area contributed by atoms with Gasteiger partial charge in [0.2, 0.25) is 0 Å². The van der Waals surface area contributed by atoms with Crippen molar-refractivity contribution in [2.45, 2.75) is 128 Å². The van der Waals surface area contributed by atoms with Crippen molar-refractivity contribution in [3.63, 3.8) is 0 Å². The Labute approximate surface area is 253 Å². The molecule has 1 aliphatic heterocycles. The maximum absolute atomic E-state index is 11.7. The first-order chi connectivity index (χ1) is 19.7. The maximum Gasteiger partial charge on any atom is 0.397 e. The molecule has 0 bridgehead atoms. The molecule has 0 spiro atoms. The van der Waals surface area contributed by atoms with Gasteiger partial charge in [0.15, 0.2) is 12.4 Å². The van der Waals surface area contributed by atoms with Crippen LogP contribution in [-0.4, -0.2) is 95.3 Å². The van der Waals surface area contributed by atoms with Crippen LogP contribution < -0.4 is 0 Å². The summed E-state index contributed by atoms with van der Waals surface area (Å²) in [6.07, 6.45) is -2.96. The first kappa shape index (κ1) is 40.4. The van der Waals surface area contributed by atoms with E-state index in [4.69, 9.17) is 14.0 Å². The van der Waals surface area contributed by atoms with Crippen LogP contribution in [0.3, 0.4) is 0 Å². The number of hydrogen-bond donors (Lipinski definition) is 4. The van der Waals surface area contributed by atoms with Crippen LogP contribution in [0.25, 0.3) is 0 Å². The summed E-state index contributed by atoms with van der Waals surface area (Å²) in [4.78, 5) is 0. The topological polar surface area (TPSA) is 273 Å². The molecule has 43 heavy (non-hydrogen) atoms. The van der Waals surface area contributed by atoms with Crippen LogP contribution in [-0.2, 0) is 67.8 Å². The van der Waals surface area contributed by atoms with Gasteiger partial charge in [0.1, 0.15) is 18.3 Å². The van der Waals surface area contributed by atoms with Crippen molar-refractivity contribution in [3.8, 4) is 0 Å². The lowest BCUT2D eigenvalue weighted by molar-refractivity contribution is -0.298. The number of unbranched alkanes of at least 4 members (excludes halogenated alkanes) is 8. The van der Waals surface area contributed by atoms with E-state index in [9.17, 15) is 47.3 Å². The number of rotatable bonds is 23. The van der Waals surface area contributed by atoms with Crippen LogP contribution in [0.2, 0.25) is 0 Å². The average Bonchev–Trinajstić information content (AvgIpc) is 2.83. The van der Waals surface area contributed by atoms with Gasteiger partial charge >= 0.3 is 41.6 Å². The SMILES string of the molecule is CCCCCCCC(CCCCCCC)OC1O[C@H](COS(=O)(=O)O)[C@@H](OS(=O)(=O)O)[C@H](OS(=O)(=O)O)[C@H]1OS(=O)(=O)O. The quantitative estimate of drug-likeness (QED) is 0.0873. The Morgan fingerprint density at radius 2 is 1.00 bits per heavy atom. The minimum Gasteiger partial charge on any atom is -0.347 e. The molecular formula is C21H42O18S4. The second-order valence-electron chi connectivity index (χ2n) is 9.88. The second kappa shape index (κ2) is 18.5. The van der Waals surface area contributed by atoms with Crippen molar-refractivity contribution in [1.29, 1.82) is 0 Å². The Morgan fingerprint density at radius 1 is 0.581 bits per heavy atom. The summed E-state index contributed by atoms with van der Waals surface area (Å²) in [5.41, 5.74) is 0. The highest BCUT2D eigenvalue weighted by Gasteiger charge is 2.54. The molecule has 0 radical (unpaired) electrons. The third-order valence-corrected chi connectivity index (χ3v) is 8.09. The van der Waals surface area contributed by atoms with Gasteiger partial charge in [0.25, 0.3) is 0 Å². The van der Waals surface area contributed by atoms with Gasteiger partial charge in [-0.05, 0) is 12.8 Å². The zero-order chi connectivity index (χ0) is 32.9. The van der Waals surface area contributed by atoms with Crippen molar-refractivity contribution in [2.75, 3.05) is 6.61 Å². The highest BCUT2D eigenvalue weighted by molar-refractivity contribution is 7.81. The molecule has 1 unspecified atom stereocenters. The van der Waals surface area contributed by atoms with Crippen LogP contribution in [0.15, 0.2) is 0 Å². The van der Waals surface area contributed by atoms with Gasteiger partial charge in [-0.3, -0.25) is 18.2 Å². The predicted molar refractivity (Wildman–Crippen MR) is 147 cm³/mol. The first-order valence-electron chi connectivity index (χ1n) is 13.6. The summed E-state index contributed by atoms with van der Waals surface area (Å²) in [6, 6.07) is 0. The molecule has 0 amide bonds. The van der Waals surface area contributed by atoms with E-state index in [0.29, 0.717) is 25.7 Å². The molecule has 5 atom stereocenters. The van der Waals surface area contributed by atoms with Crippen LogP contribution >= 0.6 is 0 Å². The third-order valence-electron chi connectivity index (χ3n) is 6.26. The van der Waals surface area contributed by atoms with Gasteiger partial charge in [-0.2, -0.15) is 33.7 Å². The molecule has 0 aromatic carbocycles. The van der Waals surface area contributed by atoms with E-state index in [1.165, 1.54) is 0 Å². The Kier molecular flexibility index (Phi) is 17.4. The molecule has 18 nitrogen and oxygen atoms in total. The zero-order valence-corrected chi connectivity index (χ0v) is 27.1. The van der Waals surface area contributed by atoms with Crippen molar-refractivity contribution in [2.24, 2.45) is 0 Å². The van der Waals surface area contributed by atoms with Gasteiger partial charge in [0.05, 0.1) is 12.7 Å². The summed E-state index contributed by atoms with van der Waals surface area (Å²) in [7, 11) is -21.9. The largest absolute Gasteiger partial charge is 0.397 e. The fraction of sp³-hybridized carbons (Fsp3) is 1.00. The molecule has 22 heteroatoms. The van der Waals surface area contributed by atoms with Gasteiger partial charge < -0.3 is 9.47 Å². The molecular weight excluding hydrogens is 668 g/mol. The molecule has 0 aromatic heterocycles. The molecule has 1 heterocycles. The Bertz CT molecular complexity index is 1220. The number of hydrogen-bond acceptors (Lipinski definition) is 14. The highest BCUT2D eigenvalue weighted by Crippen LogP contribution is 2.33. The van der Waals surface area contributed by atoms with Crippen molar-refractivity contribution >= 4 is 41.6 Å². The van der Waals surface area contributed by atoms with E-state index < -0.39 is 85.0 Å². The molecule has 258 valence electrons. The van der Waals surface area contributed by atoms with Gasteiger partial charge in [-0.25, -0.2) is 16.7 Å². The lowest BCUT2D eigenvalue weighted by Gasteiger charge is -2.44. The summed E-state index contributed by atoms with van der Waals surface area (Å²) < 4.78 is 158.